The molecule has 1 heterocycles. The van der Waals surface area contributed by atoms with Gasteiger partial charge in [0.2, 0.25) is 5.91 Å². The number of hydrogen-bond acceptors (Lipinski definition) is 5. The molecule has 0 aliphatic carbocycles. The highest BCUT2D eigenvalue weighted by molar-refractivity contribution is 5.90. The summed E-state index contributed by atoms with van der Waals surface area (Å²) in [7, 11) is 1.57. The minimum Gasteiger partial charge on any atom is -0.497 e. The van der Waals surface area contributed by atoms with Gasteiger partial charge in [0.1, 0.15) is 36.3 Å². The standard InChI is InChI=1S/C21H20FN3O4/c1-14-11-21(27)25(12-20(26)24-18-6-4-3-5-17(18)22)19(23-14)13-29-16-9-7-15(28-2)8-10-16/h3-11H,12-13H2,1-2H3,(H,24,26). The summed E-state index contributed by atoms with van der Waals surface area (Å²) in [6.45, 7) is 1.35. The van der Waals surface area contributed by atoms with Gasteiger partial charge in [-0.25, -0.2) is 9.37 Å². The van der Waals surface area contributed by atoms with Crippen LogP contribution in [0.1, 0.15) is 11.5 Å². The number of aromatic nitrogens is 2. The zero-order chi connectivity index (χ0) is 20.8. The van der Waals surface area contributed by atoms with Gasteiger partial charge in [-0.1, -0.05) is 12.1 Å². The van der Waals surface area contributed by atoms with Crippen molar-refractivity contribution in [2.75, 3.05) is 12.4 Å². The van der Waals surface area contributed by atoms with Gasteiger partial charge in [-0.2, -0.15) is 0 Å². The van der Waals surface area contributed by atoms with Gasteiger partial charge in [0.15, 0.2) is 0 Å². The number of carbonyl (C=O) groups is 1. The molecule has 1 N–H and O–H groups in total. The lowest BCUT2D eigenvalue weighted by Crippen LogP contribution is -2.31. The number of para-hydroxylation sites is 1. The first-order chi connectivity index (χ1) is 14.0. The zero-order valence-corrected chi connectivity index (χ0v) is 16.0. The highest BCUT2D eigenvalue weighted by atomic mass is 19.1. The Balaban J connectivity index is 1.76. The summed E-state index contributed by atoms with van der Waals surface area (Å²) in [5.74, 6) is 0.429. The Bertz CT molecular complexity index is 1060. The van der Waals surface area contributed by atoms with E-state index in [4.69, 9.17) is 9.47 Å². The van der Waals surface area contributed by atoms with Crippen LogP contribution in [0.25, 0.3) is 0 Å². The van der Waals surface area contributed by atoms with Crippen molar-refractivity contribution in [3.63, 3.8) is 0 Å². The lowest BCUT2D eigenvalue weighted by atomic mass is 10.3. The van der Waals surface area contributed by atoms with Gasteiger partial charge in [0.25, 0.3) is 5.56 Å². The number of carbonyl (C=O) groups excluding carboxylic acids is 1. The third-order valence-corrected chi connectivity index (χ3v) is 4.09. The van der Waals surface area contributed by atoms with Crippen molar-refractivity contribution >= 4 is 11.6 Å². The number of ether oxygens (including phenoxy) is 2. The van der Waals surface area contributed by atoms with Crippen LogP contribution in [0.5, 0.6) is 11.5 Å². The van der Waals surface area contributed by atoms with E-state index < -0.39 is 17.3 Å². The van der Waals surface area contributed by atoms with E-state index in [2.05, 4.69) is 10.3 Å². The Hall–Kier alpha value is -3.68. The minimum atomic E-state index is -0.557. The quantitative estimate of drug-likeness (QED) is 0.663. The molecule has 2 aromatic carbocycles. The molecule has 0 saturated carbocycles. The fraction of sp³-hybridized carbons (Fsp3) is 0.190. The van der Waals surface area contributed by atoms with Gasteiger partial charge in [-0.15, -0.1) is 0 Å². The Labute approximate surface area is 166 Å². The number of aryl methyl sites for hydroxylation is 1. The molecule has 0 aliphatic heterocycles. The molecule has 1 aromatic heterocycles. The smallest absolute Gasteiger partial charge is 0.254 e. The first kappa shape index (κ1) is 20.1. The molecule has 8 heteroatoms. The highest BCUT2D eigenvalue weighted by Crippen LogP contribution is 2.18. The van der Waals surface area contributed by atoms with Crippen LogP contribution in [-0.2, 0) is 17.9 Å². The first-order valence-corrected chi connectivity index (χ1v) is 8.85. The van der Waals surface area contributed by atoms with Crippen molar-refractivity contribution in [3.05, 3.63) is 82.3 Å². The Morgan fingerprint density at radius 1 is 1.14 bits per heavy atom. The molecule has 7 nitrogen and oxygen atoms in total. The summed E-state index contributed by atoms with van der Waals surface area (Å²) >= 11 is 0. The molecule has 0 saturated heterocycles. The van der Waals surface area contributed by atoms with Crippen molar-refractivity contribution in [1.29, 1.82) is 0 Å². The highest BCUT2D eigenvalue weighted by Gasteiger charge is 2.13. The van der Waals surface area contributed by atoms with Crippen LogP contribution >= 0.6 is 0 Å². The van der Waals surface area contributed by atoms with Crippen LogP contribution in [0.3, 0.4) is 0 Å². The third-order valence-electron chi connectivity index (χ3n) is 4.09. The predicted octanol–water partition coefficient (Wildman–Crippen LogP) is 2.92. The van der Waals surface area contributed by atoms with Crippen LogP contribution in [0.2, 0.25) is 0 Å². The van der Waals surface area contributed by atoms with Crippen molar-refractivity contribution in [2.24, 2.45) is 0 Å². The van der Waals surface area contributed by atoms with Gasteiger partial charge < -0.3 is 14.8 Å². The molecule has 0 bridgehead atoms. The van der Waals surface area contributed by atoms with E-state index in [0.717, 1.165) is 0 Å². The molecule has 1 amide bonds. The largest absolute Gasteiger partial charge is 0.497 e. The average Bonchev–Trinajstić information content (AvgIpc) is 2.71. The van der Waals surface area contributed by atoms with Crippen molar-refractivity contribution in [2.45, 2.75) is 20.1 Å². The molecular formula is C21H20FN3O4. The molecule has 3 rings (SSSR count). The Kier molecular flexibility index (Phi) is 6.23. The molecule has 0 aliphatic rings. The van der Waals surface area contributed by atoms with Crippen molar-refractivity contribution < 1.29 is 18.7 Å². The molecule has 0 fully saturated rings. The fourth-order valence-corrected chi connectivity index (χ4v) is 2.68. The molecule has 0 radical (unpaired) electrons. The van der Waals surface area contributed by atoms with E-state index in [9.17, 15) is 14.0 Å². The SMILES string of the molecule is COc1ccc(OCc2nc(C)cc(=O)n2CC(=O)Nc2ccccc2F)cc1. The lowest BCUT2D eigenvalue weighted by molar-refractivity contribution is -0.116. The summed E-state index contributed by atoms with van der Waals surface area (Å²) < 4.78 is 25.7. The number of nitrogens with one attached hydrogen (secondary N) is 1. The topological polar surface area (TPSA) is 82.5 Å². The van der Waals surface area contributed by atoms with E-state index in [1.807, 2.05) is 0 Å². The van der Waals surface area contributed by atoms with E-state index >= 15 is 0 Å². The molecular weight excluding hydrogens is 377 g/mol. The normalized spacial score (nSPS) is 10.4. The van der Waals surface area contributed by atoms with Crippen LogP contribution in [0.4, 0.5) is 10.1 Å². The number of methoxy groups -OCH3 is 1. The number of amides is 1. The van der Waals surface area contributed by atoms with Gasteiger partial charge in [-0.3, -0.25) is 14.2 Å². The maximum atomic E-state index is 13.7. The number of nitrogens with zero attached hydrogens (tertiary/aromatic N) is 2. The minimum absolute atomic E-state index is 0.0176. The zero-order valence-electron chi connectivity index (χ0n) is 16.0. The van der Waals surface area contributed by atoms with Gasteiger partial charge >= 0.3 is 0 Å². The van der Waals surface area contributed by atoms with Gasteiger partial charge in [0, 0.05) is 11.8 Å². The second-order valence-electron chi connectivity index (χ2n) is 6.23. The molecule has 0 unspecified atom stereocenters. The van der Waals surface area contributed by atoms with E-state index in [1.165, 1.54) is 28.8 Å². The summed E-state index contributed by atoms with van der Waals surface area (Å²) in [5, 5.41) is 2.46. The third kappa shape index (κ3) is 5.19. The summed E-state index contributed by atoms with van der Waals surface area (Å²) in [6, 6.07) is 14.1. The predicted molar refractivity (Wildman–Crippen MR) is 106 cm³/mol. The van der Waals surface area contributed by atoms with E-state index in [-0.39, 0.29) is 24.7 Å². The van der Waals surface area contributed by atoms with Crippen LogP contribution in [-0.4, -0.2) is 22.6 Å². The van der Waals surface area contributed by atoms with Crippen LogP contribution in [0.15, 0.2) is 59.4 Å². The maximum Gasteiger partial charge on any atom is 0.254 e. The van der Waals surface area contributed by atoms with Crippen LogP contribution in [0, 0.1) is 12.7 Å². The number of halogens is 1. The second-order valence-corrected chi connectivity index (χ2v) is 6.23. The Morgan fingerprint density at radius 2 is 1.83 bits per heavy atom. The van der Waals surface area contributed by atoms with E-state index in [1.54, 1.807) is 44.4 Å². The van der Waals surface area contributed by atoms with Crippen LogP contribution < -0.4 is 20.3 Å². The summed E-state index contributed by atoms with van der Waals surface area (Å²) in [5.41, 5.74) is 0.158. The molecule has 3 aromatic rings. The first-order valence-electron chi connectivity index (χ1n) is 8.85. The lowest BCUT2D eigenvalue weighted by Gasteiger charge is -2.14. The Morgan fingerprint density at radius 3 is 2.52 bits per heavy atom. The summed E-state index contributed by atoms with van der Waals surface area (Å²) in [4.78, 5) is 29.1. The average molecular weight is 397 g/mol. The monoisotopic (exact) mass is 397 g/mol. The van der Waals surface area contributed by atoms with Gasteiger partial charge in [-0.05, 0) is 43.3 Å². The number of rotatable bonds is 7. The summed E-state index contributed by atoms with van der Waals surface area (Å²) in [6.07, 6.45) is 0. The molecule has 150 valence electrons. The molecule has 0 spiro atoms. The van der Waals surface area contributed by atoms with Gasteiger partial charge in [0.05, 0.1) is 12.8 Å². The van der Waals surface area contributed by atoms with Crippen molar-refractivity contribution in [3.8, 4) is 11.5 Å². The van der Waals surface area contributed by atoms with E-state index in [0.29, 0.717) is 17.2 Å². The molecule has 0 atom stereocenters. The maximum absolute atomic E-state index is 13.7. The fourth-order valence-electron chi connectivity index (χ4n) is 2.68. The molecule has 29 heavy (non-hydrogen) atoms. The number of anilines is 1. The number of hydrogen-bond donors (Lipinski definition) is 1. The van der Waals surface area contributed by atoms with Crippen molar-refractivity contribution in [1.82, 2.24) is 9.55 Å². The number of benzene rings is 2. The second kappa shape index (κ2) is 9.01.